The van der Waals surface area contributed by atoms with Crippen molar-refractivity contribution in [2.24, 2.45) is 5.73 Å². The molecule has 0 spiro atoms. The highest BCUT2D eigenvalue weighted by atomic mass is 19.1. The summed E-state index contributed by atoms with van der Waals surface area (Å²) in [6, 6.07) is 15.0. The number of amides is 1. The number of methoxy groups -OCH3 is 1. The number of hydrogen-bond acceptors (Lipinski definition) is 6. The van der Waals surface area contributed by atoms with E-state index in [1.165, 1.54) is 24.9 Å². The van der Waals surface area contributed by atoms with E-state index in [4.69, 9.17) is 10.5 Å². The molecule has 0 saturated carbocycles. The molecule has 0 radical (unpaired) electrons. The average Bonchev–Trinajstić information content (AvgIpc) is 3.57. The highest BCUT2D eigenvalue weighted by molar-refractivity contribution is 6.11. The van der Waals surface area contributed by atoms with Crippen LogP contribution in [0.3, 0.4) is 0 Å². The summed E-state index contributed by atoms with van der Waals surface area (Å²) in [6.45, 7) is 2.75. The van der Waals surface area contributed by atoms with E-state index in [1.54, 1.807) is 36.7 Å². The molecule has 6 rings (SSSR count). The summed E-state index contributed by atoms with van der Waals surface area (Å²) >= 11 is 0. The number of fused-ring (bicyclic) bond motifs is 4. The zero-order valence-electron chi connectivity index (χ0n) is 22.1. The van der Waals surface area contributed by atoms with Crippen LogP contribution in [0.5, 0.6) is 5.75 Å². The van der Waals surface area contributed by atoms with Gasteiger partial charge in [0, 0.05) is 66.0 Å². The lowest BCUT2D eigenvalue weighted by Crippen LogP contribution is -2.29. The minimum absolute atomic E-state index is 0.0360. The molecule has 1 aliphatic heterocycles. The van der Waals surface area contributed by atoms with Crippen molar-refractivity contribution >= 4 is 39.8 Å². The third kappa shape index (κ3) is 4.86. The molecule has 0 atom stereocenters. The molecule has 10 heteroatoms. The van der Waals surface area contributed by atoms with Gasteiger partial charge < -0.3 is 30.2 Å². The average molecular weight is 541 g/mol. The maximum absolute atomic E-state index is 13.7. The highest BCUT2D eigenvalue weighted by Gasteiger charge is 2.24. The van der Waals surface area contributed by atoms with Crippen LogP contribution in [0.25, 0.3) is 27.5 Å². The van der Waals surface area contributed by atoms with E-state index in [0.29, 0.717) is 41.1 Å². The molecule has 2 aromatic carbocycles. The number of benzene rings is 2. The van der Waals surface area contributed by atoms with Crippen molar-refractivity contribution in [3.05, 3.63) is 96.0 Å². The number of carbonyl (C=O) groups is 2. The molecule has 5 aromatic rings. The van der Waals surface area contributed by atoms with Crippen molar-refractivity contribution < 1.29 is 18.7 Å². The number of nitrogens with two attached hydrogens (primary N) is 1. The Labute approximate surface area is 230 Å². The van der Waals surface area contributed by atoms with Crippen molar-refractivity contribution in [2.75, 3.05) is 19.0 Å². The molecular formula is C30H29FN6O3. The number of ketones is 1. The summed E-state index contributed by atoms with van der Waals surface area (Å²) in [5.74, 6) is 0.855. The van der Waals surface area contributed by atoms with Gasteiger partial charge in [0.25, 0.3) is 0 Å². The molecule has 9 nitrogen and oxygen atoms in total. The molecule has 3 aromatic heterocycles. The highest BCUT2D eigenvalue weighted by Crippen LogP contribution is 2.34. The standard InChI is InChI=1S/C18H15FN2O.C12H14N4O2/c19-13-6-7-17-15(10-13)16-11-20(12-22)9-8-18(16)21(17)14-4-2-1-3-5-14;1-7(17)8-5-15-11-10(8)9(18-2)6-16-12(11)14-4-3-13/h1-7,10,12H,8-9,11H2;3-6,15H,13H2,1-2H3,(H,14,16)/b;4-3-. The number of nitrogens with zero attached hydrogens (tertiary/aromatic N) is 3. The number of aromatic nitrogens is 3. The zero-order valence-corrected chi connectivity index (χ0v) is 22.1. The number of rotatable bonds is 6. The molecule has 4 heterocycles. The first kappa shape index (κ1) is 26.5. The van der Waals surface area contributed by atoms with Crippen molar-refractivity contribution in [2.45, 2.75) is 19.9 Å². The van der Waals surface area contributed by atoms with Crippen LogP contribution in [0.1, 0.15) is 28.5 Å². The van der Waals surface area contributed by atoms with Gasteiger partial charge in [0.2, 0.25) is 6.41 Å². The fourth-order valence-corrected chi connectivity index (χ4v) is 5.10. The van der Waals surface area contributed by atoms with Gasteiger partial charge >= 0.3 is 0 Å². The molecule has 4 N–H and O–H groups in total. The van der Waals surface area contributed by atoms with Gasteiger partial charge in [0.05, 0.1) is 29.7 Å². The maximum Gasteiger partial charge on any atom is 0.210 e. The number of pyridine rings is 1. The number of aromatic amines is 1. The Kier molecular flexibility index (Phi) is 7.50. The predicted molar refractivity (Wildman–Crippen MR) is 153 cm³/mol. The van der Waals surface area contributed by atoms with Crippen LogP contribution >= 0.6 is 0 Å². The van der Waals surface area contributed by atoms with Gasteiger partial charge in [-0.1, -0.05) is 18.2 Å². The van der Waals surface area contributed by atoms with Gasteiger partial charge in [-0.25, -0.2) is 9.37 Å². The van der Waals surface area contributed by atoms with E-state index in [0.717, 1.165) is 35.0 Å². The number of carbonyl (C=O) groups excluding carboxylic acids is 2. The largest absolute Gasteiger partial charge is 0.494 e. The number of Topliss-reactive ketones (excluding diaryl/α,β-unsaturated/α-hetero) is 1. The fraction of sp³-hybridized carbons (Fsp3) is 0.167. The second-order valence-corrected chi connectivity index (χ2v) is 9.27. The Balaban J connectivity index is 0.000000165. The predicted octanol–water partition coefficient (Wildman–Crippen LogP) is 4.90. The minimum atomic E-state index is -0.247. The quantitative estimate of drug-likeness (QED) is 0.208. The lowest BCUT2D eigenvalue weighted by atomic mass is 10.0. The smallest absolute Gasteiger partial charge is 0.210 e. The zero-order chi connectivity index (χ0) is 28.2. The summed E-state index contributed by atoms with van der Waals surface area (Å²) in [6.07, 6.45) is 7.78. The van der Waals surface area contributed by atoms with Gasteiger partial charge in [0.1, 0.15) is 11.6 Å². The van der Waals surface area contributed by atoms with Crippen LogP contribution in [0, 0.1) is 5.82 Å². The van der Waals surface area contributed by atoms with Crippen LogP contribution in [0.2, 0.25) is 0 Å². The van der Waals surface area contributed by atoms with Gasteiger partial charge in [-0.05, 0) is 37.3 Å². The van der Waals surface area contributed by atoms with Gasteiger partial charge in [0.15, 0.2) is 11.6 Å². The van der Waals surface area contributed by atoms with Crippen LogP contribution in [-0.2, 0) is 17.8 Å². The van der Waals surface area contributed by atoms with Crippen molar-refractivity contribution in [3.8, 4) is 11.4 Å². The first-order valence-electron chi connectivity index (χ1n) is 12.7. The Bertz CT molecular complexity index is 1720. The fourth-order valence-electron chi connectivity index (χ4n) is 5.10. The number of halogens is 1. The topological polar surface area (TPSA) is 118 Å². The number of anilines is 1. The Morgan fingerprint density at radius 3 is 2.73 bits per heavy atom. The number of hydrogen-bond donors (Lipinski definition) is 3. The second kappa shape index (κ2) is 11.3. The Morgan fingerprint density at radius 2 is 2.02 bits per heavy atom. The summed E-state index contributed by atoms with van der Waals surface area (Å²) in [7, 11) is 1.54. The molecule has 0 saturated heterocycles. The number of para-hydroxylation sites is 1. The number of nitrogens with one attached hydrogen (secondary N) is 2. The first-order chi connectivity index (χ1) is 19.5. The molecule has 0 aliphatic carbocycles. The molecule has 0 unspecified atom stereocenters. The number of H-pyrrole nitrogens is 1. The molecule has 1 amide bonds. The third-order valence-electron chi connectivity index (χ3n) is 6.89. The van der Waals surface area contributed by atoms with Crippen molar-refractivity contribution in [1.82, 2.24) is 19.4 Å². The lowest BCUT2D eigenvalue weighted by molar-refractivity contribution is -0.118. The Morgan fingerprint density at radius 1 is 1.23 bits per heavy atom. The van der Waals surface area contributed by atoms with Gasteiger partial charge in [-0.3, -0.25) is 9.59 Å². The van der Waals surface area contributed by atoms with E-state index in [-0.39, 0.29) is 11.6 Å². The van der Waals surface area contributed by atoms with Gasteiger partial charge in [-0.2, -0.15) is 0 Å². The first-order valence-corrected chi connectivity index (χ1v) is 12.7. The van der Waals surface area contributed by atoms with Crippen LogP contribution in [0.4, 0.5) is 10.2 Å². The van der Waals surface area contributed by atoms with E-state index >= 15 is 0 Å². The molecule has 1 aliphatic rings. The SMILES string of the molecule is COc1cnc(N/C=C\N)c2[nH]cc(C(C)=O)c12.O=CN1CCc2c(c3cc(F)ccc3n2-c2ccccc2)C1. The normalized spacial score (nSPS) is 12.7. The minimum Gasteiger partial charge on any atom is -0.494 e. The van der Waals surface area contributed by atoms with E-state index < -0.39 is 0 Å². The summed E-state index contributed by atoms with van der Waals surface area (Å²) in [5.41, 5.74) is 10.8. The van der Waals surface area contributed by atoms with Crippen LogP contribution in [0.15, 0.2) is 73.3 Å². The molecule has 0 fully saturated rings. The summed E-state index contributed by atoms with van der Waals surface area (Å²) in [4.78, 5) is 31.6. The van der Waals surface area contributed by atoms with E-state index in [2.05, 4.69) is 32.0 Å². The van der Waals surface area contributed by atoms with Crippen molar-refractivity contribution in [1.29, 1.82) is 0 Å². The third-order valence-corrected chi connectivity index (χ3v) is 6.89. The molecule has 0 bridgehead atoms. The lowest BCUT2D eigenvalue weighted by Gasteiger charge is -2.24. The maximum atomic E-state index is 13.7. The monoisotopic (exact) mass is 540 g/mol. The molecule has 40 heavy (non-hydrogen) atoms. The molecular weight excluding hydrogens is 511 g/mol. The van der Waals surface area contributed by atoms with E-state index in [9.17, 15) is 14.0 Å². The molecule has 204 valence electrons. The van der Waals surface area contributed by atoms with Crippen molar-refractivity contribution in [3.63, 3.8) is 0 Å². The van der Waals surface area contributed by atoms with Gasteiger partial charge in [-0.15, -0.1) is 0 Å². The summed E-state index contributed by atoms with van der Waals surface area (Å²) in [5, 5.41) is 4.54. The second-order valence-electron chi connectivity index (χ2n) is 9.27. The number of ether oxygens (including phenoxy) is 1. The summed E-state index contributed by atoms with van der Waals surface area (Å²) < 4.78 is 21.1. The Hall–Kier alpha value is -5.12. The van der Waals surface area contributed by atoms with Crippen LogP contribution in [-0.4, -0.2) is 45.3 Å². The van der Waals surface area contributed by atoms with Crippen LogP contribution < -0.4 is 15.8 Å². The van der Waals surface area contributed by atoms with E-state index in [1.807, 2.05) is 24.3 Å².